The molecule has 0 fully saturated rings. The first-order chi connectivity index (χ1) is 11.5. The van der Waals surface area contributed by atoms with Gasteiger partial charge in [-0.15, -0.1) is 0 Å². The van der Waals surface area contributed by atoms with Crippen LogP contribution in [0.3, 0.4) is 0 Å². The van der Waals surface area contributed by atoms with Crippen LogP contribution in [0.15, 0.2) is 46.9 Å². The van der Waals surface area contributed by atoms with Crippen LogP contribution in [0, 0.1) is 0 Å². The molecule has 1 heterocycles. The van der Waals surface area contributed by atoms with Crippen molar-refractivity contribution in [1.29, 1.82) is 0 Å². The van der Waals surface area contributed by atoms with Gasteiger partial charge in [-0.2, -0.15) is 0 Å². The predicted octanol–water partition coefficient (Wildman–Crippen LogP) is 3.98. The normalized spacial score (nSPS) is 10.8. The molecule has 2 aromatic carbocycles. The number of carbonyl (C=O) groups excluding carboxylic acids is 1. The fourth-order valence-electron chi connectivity index (χ4n) is 2.32. The number of para-hydroxylation sites is 1. The monoisotopic (exact) mass is 344 g/mol. The van der Waals surface area contributed by atoms with Crippen molar-refractivity contribution in [2.24, 2.45) is 0 Å². The van der Waals surface area contributed by atoms with E-state index in [1.165, 1.54) is 11.9 Å². The van der Waals surface area contributed by atoms with Gasteiger partial charge in [0.25, 0.3) is 5.24 Å². The van der Waals surface area contributed by atoms with Gasteiger partial charge in [0, 0.05) is 19.2 Å². The fraction of sp³-hybridized carbons (Fsp3) is 0.118. The van der Waals surface area contributed by atoms with E-state index in [4.69, 9.17) is 21.1 Å². The van der Waals surface area contributed by atoms with Crippen molar-refractivity contribution >= 4 is 34.0 Å². The van der Waals surface area contributed by atoms with E-state index in [9.17, 15) is 9.59 Å². The van der Waals surface area contributed by atoms with Crippen molar-refractivity contribution in [3.05, 3.63) is 53.6 Å². The molecule has 6 nitrogen and oxygen atoms in total. The molecule has 0 spiro atoms. The Hall–Kier alpha value is -2.86. The Morgan fingerprint density at radius 3 is 2.54 bits per heavy atom. The third kappa shape index (κ3) is 3.09. The molecule has 0 saturated heterocycles. The van der Waals surface area contributed by atoms with E-state index < -0.39 is 11.3 Å². The van der Waals surface area contributed by atoms with E-state index in [1.54, 1.807) is 42.5 Å². The number of halogens is 1. The zero-order chi connectivity index (χ0) is 17.3. The van der Waals surface area contributed by atoms with Crippen molar-refractivity contribution in [2.45, 2.75) is 6.54 Å². The number of fused-ring (bicyclic) bond motifs is 1. The van der Waals surface area contributed by atoms with Crippen LogP contribution in [-0.4, -0.2) is 33.4 Å². The molecule has 24 heavy (non-hydrogen) atoms. The van der Waals surface area contributed by atoms with E-state index in [1.807, 2.05) is 0 Å². The molecule has 0 saturated carbocycles. The maximum Gasteiger partial charge on any atom is 0.407 e. The van der Waals surface area contributed by atoms with Crippen LogP contribution >= 0.6 is 11.6 Å². The summed E-state index contributed by atoms with van der Waals surface area (Å²) < 4.78 is 5.68. The van der Waals surface area contributed by atoms with Gasteiger partial charge < -0.3 is 14.4 Å². The standard InChI is InChI=1S/C17H13ClN2O4/c1-20(17(22)23)9-10-5-7-11(8-6-10)16-19-14-12(15(18)21)3-2-4-13(14)24-16/h2-8H,9H2,1H3,(H,22,23). The van der Waals surface area contributed by atoms with Gasteiger partial charge in [0.1, 0.15) is 5.52 Å². The van der Waals surface area contributed by atoms with Crippen LogP contribution in [0.2, 0.25) is 0 Å². The SMILES string of the molecule is CN(Cc1ccc(-c2nc3c(C(=O)Cl)cccc3o2)cc1)C(=O)O. The molecule has 0 aliphatic rings. The third-order valence-electron chi connectivity index (χ3n) is 3.58. The lowest BCUT2D eigenvalue weighted by Crippen LogP contribution is -2.23. The van der Waals surface area contributed by atoms with E-state index >= 15 is 0 Å². The summed E-state index contributed by atoms with van der Waals surface area (Å²) >= 11 is 5.56. The lowest BCUT2D eigenvalue weighted by Gasteiger charge is -2.12. The van der Waals surface area contributed by atoms with Crippen LogP contribution in [0.1, 0.15) is 15.9 Å². The number of carbonyl (C=O) groups is 2. The topological polar surface area (TPSA) is 83.6 Å². The number of nitrogens with zero attached hydrogens (tertiary/aromatic N) is 2. The Morgan fingerprint density at radius 2 is 1.92 bits per heavy atom. The second kappa shape index (κ2) is 6.33. The minimum Gasteiger partial charge on any atom is -0.465 e. The highest BCUT2D eigenvalue weighted by Crippen LogP contribution is 2.27. The zero-order valence-corrected chi connectivity index (χ0v) is 13.4. The van der Waals surface area contributed by atoms with Gasteiger partial charge >= 0.3 is 6.09 Å². The Balaban J connectivity index is 1.92. The van der Waals surface area contributed by atoms with Crippen LogP contribution in [0.5, 0.6) is 0 Å². The highest BCUT2D eigenvalue weighted by Gasteiger charge is 2.15. The molecule has 3 aromatic rings. The van der Waals surface area contributed by atoms with Crippen LogP contribution in [-0.2, 0) is 6.54 Å². The van der Waals surface area contributed by atoms with Gasteiger partial charge in [-0.05, 0) is 41.4 Å². The van der Waals surface area contributed by atoms with Gasteiger partial charge in [0.05, 0.1) is 5.56 Å². The van der Waals surface area contributed by atoms with E-state index in [-0.39, 0.29) is 6.54 Å². The maximum absolute atomic E-state index is 11.4. The van der Waals surface area contributed by atoms with E-state index in [2.05, 4.69) is 4.98 Å². The fourth-order valence-corrected chi connectivity index (χ4v) is 2.48. The first-order valence-corrected chi connectivity index (χ1v) is 7.46. The van der Waals surface area contributed by atoms with Crippen LogP contribution in [0.4, 0.5) is 4.79 Å². The largest absolute Gasteiger partial charge is 0.465 e. The second-order valence-corrected chi connectivity index (χ2v) is 5.62. The van der Waals surface area contributed by atoms with E-state index in [0.29, 0.717) is 22.6 Å². The lowest BCUT2D eigenvalue weighted by atomic mass is 10.1. The number of hydrogen-bond acceptors (Lipinski definition) is 4. The Morgan fingerprint density at radius 1 is 1.21 bits per heavy atom. The summed E-state index contributed by atoms with van der Waals surface area (Å²) in [4.78, 5) is 27.8. The molecule has 1 amide bonds. The predicted molar refractivity (Wildman–Crippen MR) is 89.1 cm³/mol. The molecule has 0 aliphatic heterocycles. The number of carboxylic acid groups (broad SMARTS) is 1. The number of rotatable bonds is 4. The Labute approximate surface area is 142 Å². The summed E-state index contributed by atoms with van der Waals surface area (Å²) in [7, 11) is 1.50. The van der Waals surface area contributed by atoms with Crippen molar-refractivity contribution in [3.63, 3.8) is 0 Å². The number of hydrogen-bond donors (Lipinski definition) is 1. The highest BCUT2D eigenvalue weighted by atomic mass is 35.5. The van der Waals surface area contributed by atoms with Gasteiger partial charge in [-0.1, -0.05) is 18.2 Å². The molecule has 0 radical (unpaired) electrons. The van der Waals surface area contributed by atoms with Gasteiger partial charge in [0.15, 0.2) is 5.58 Å². The summed E-state index contributed by atoms with van der Waals surface area (Å²) in [5.41, 5.74) is 2.76. The average molecular weight is 345 g/mol. The summed E-state index contributed by atoms with van der Waals surface area (Å²) in [6.45, 7) is 0.286. The Kier molecular flexibility index (Phi) is 4.22. The number of aromatic nitrogens is 1. The average Bonchev–Trinajstić information content (AvgIpc) is 2.99. The van der Waals surface area contributed by atoms with Crippen molar-refractivity contribution < 1.29 is 19.1 Å². The van der Waals surface area contributed by atoms with Gasteiger partial charge in [-0.3, -0.25) is 4.79 Å². The minimum atomic E-state index is -0.990. The molecule has 3 rings (SSSR count). The maximum atomic E-state index is 11.4. The number of amides is 1. The molecule has 0 unspecified atom stereocenters. The highest BCUT2D eigenvalue weighted by molar-refractivity contribution is 6.68. The summed E-state index contributed by atoms with van der Waals surface area (Å²) in [5.74, 6) is 0.369. The molecule has 7 heteroatoms. The summed E-state index contributed by atoms with van der Waals surface area (Å²) in [5, 5.41) is 8.30. The van der Waals surface area contributed by atoms with Gasteiger partial charge in [-0.25, -0.2) is 9.78 Å². The zero-order valence-electron chi connectivity index (χ0n) is 12.7. The van der Waals surface area contributed by atoms with Crippen LogP contribution < -0.4 is 0 Å². The summed E-state index contributed by atoms with van der Waals surface area (Å²) in [6.07, 6.45) is -0.990. The Bertz CT molecular complexity index is 918. The number of oxazole rings is 1. The van der Waals surface area contributed by atoms with Gasteiger partial charge in [0.2, 0.25) is 5.89 Å². The number of benzene rings is 2. The quantitative estimate of drug-likeness (QED) is 0.723. The molecule has 0 aliphatic carbocycles. The molecule has 0 bridgehead atoms. The lowest BCUT2D eigenvalue weighted by molar-refractivity contribution is 0.108. The molecule has 1 N–H and O–H groups in total. The molecular formula is C17H13ClN2O4. The summed E-state index contributed by atoms with van der Waals surface area (Å²) in [6, 6.07) is 12.2. The van der Waals surface area contributed by atoms with Crippen molar-refractivity contribution in [2.75, 3.05) is 7.05 Å². The second-order valence-electron chi connectivity index (χ2n) is 5.28. The molecule has 0 atom stereocenters. The van der Waals surface area contributed by atoms with Crippen molar-refractivity contribution in [3.8, 4) is 11.5 Å². The molecule has 122 valence electrons. The smallest absolute Gasteiger partial charge is 0.407 e. The molecular weight excluding hydrogens is 332 g/mol. The first-order valence-electron chi connectivity index (χ1n) is 7.08. The van der Waals surface area contributed by atoms with E-state index in [0.717, 1.165) is 11.1 Å². The first kappa shape index (κ1) is 16.0. The van der Waals surface area contributed by atoms with Crippen molar-refractivity contribution in [1.82, 2.24) is 9.88 Å². The minimum absolute atomic E-state index is 0.286. The molecule has 1 aromatic heterocycles. The third-order valence-corrected chi connectivity index (χ3v) is 3.78. The van der Waals surface area contributed by atoms with Crippen LogP contribution in [0.25, 0.3) is 22.6 Å².